The van der Waals surface area contributed by atoms with Gasteiger partial charge in [-0.1, -0.05) is 44.2 Å². The Bertz CT molecular complexity index is 1030. The van der Waals surface area contributed by atoms with Crippen molar-refractivity contribution in [2.45, 2.75) is 76.5 Å². The van der Waals surface area contributed by atoms with E-state index < -0.39 is 53.8 Å². The molecule has 1 aromatic carbocycles. The molecule has 4 unspecified atom stereocenters. The molecule has 1 aromatic rings. The van der Waals surface area contributed by atoms with Crippen LogP contribution in [-0.4, -0.2) is 76.5 Å². The molecule has 0 saturated heterocycles. The minimum atomic E-state index is -1.25. The maximum Gasteiger partial charge on any atom is 0.326 e. The van der Waals surface area contributed by atoms with Crippen molar-refractivity contribution in [1.29, 1.82) is 0 Å². The number of amides is 3. The summed E-state index contributed by atoms with van der Waals surface area (Å²) in [6.45, 7) is 3.85. The van der Waals surface area contributed by atoms with E-state index in [-0.39, 0.29) is 50.5 Å². The summed E-state index contributed by atoms with van der Waals surface area (Å²) in [6, 6.07) is 4.21. The van der Waals surface area contributed by atoms with E-state index >= 15 is 0 Å². The lowest BCUT2D eigenvalue weighted by Crippen LogP contribution is -2.57. The number of aliphatic imine (C=N–C) groups is 1. The molecule has 0 saturated carbocycles. The SMILES string of the molecule is CC(C)CC(NC(=O)C(Cc1ccccc1)NC(=O)C(N)CCC(=O)O)C(=O)NC(CCCN=C(N)N)C(=O)O. The summed E-state index contributed by atoms with van der Waals surface area (Å²) in [5.41, 5.74) is 17.1. The molecular formula is C26H41N7O7. The summed E-state index contributed by atoms with van der Waals surface area (Å²) in [7, 11) is 0. The number of hydrogen-bond acceptors (Lipinski definition) is 7. The van der Waals surface area contributed by atoms with Crippen molar-refractivity contribution in [2.24, 2.45) is 28.1 Å². The van der Waals surface area contributed by atoms with Crippen LogP contribution >= 0.6 is 0 Å². The van der Waals surface area contributed by atoms with Crippen LogP contribution < -0.4 is 33.2 Å². The Kier molecular flexibility index (Phi) is 14.7. The van der Waals surface area contributed by atoms with Crippen molar-refractivity contribution in [2.75, 3.05) is 6.54 Å². The highest BCUT2D eigenvalue weighted by Gasteiger charge is 2.31. The minimum absolute atomic E-state index is 0.0483. The molecule has 3 amide bonds. The number of aliphatic carboxylic acids is 2. The van der Waals surface area contributed by atoms with E-state index in [0.717, 1.165) is 5.56 Å². The number of hydrogen-bond donors (Lipinski definition) is 8. The highest BCUT2D eigenvalue weighted by atomic mass is 16.4. The zero-order chi connectivity index (χ0) is 30.2. The van der Waals surface area contributed by atoms with Gasteiger partial charge in [-0.2, -0.15) is 0 Å². The summed E-state index contributed by atoms with van der Waals surface area (Å²) in [6.07, 6.45) is 0.173. The highest BCUT2D eigenvalue weighted by molar-refractivity contribution is 5.94. The molecule has 0 aliphatic rings. The molecular weight excluding hydrogens is 522 g/mol. The van der Waals surface area contributed by atoms with Crippen molar-refractivity contribution in [3.05, 3.63) is 35.9 Å². The van der Waals surface area contributed by atoms with Crippen LogP contribution in [0.5, 0.6) is 0 Å². The second-order valence-electron chi connectivity index (χ2n) is 9.83. The Hall–Kier alpha value is -4.20. The summed E-state index contributed by atoms with van der Waals surface area (Å²) in [4.78, 5) is 65.5. The van der Waals surface area contributed by atoms with Gasteiger partial charge >= 0.3 is 11.9 Å². The van der Waals surface area contributed by atoms with E-state index in [2.05, 4.69) is 20.9 Å². The third-order valence-corrected chi connectivity index (χ3v) is 5.82. The second-order valence-corrected chi connectivity index (χ2v) is 9.83. The van der Waals surface area contributed by atoms with Gasteiger partial charge in [0.15, 0.2) is 5.96 Å². The monoisotopic (exact) mass is 563 g/mol. The molecule has 0 aliphatic heterocycles. The van der Waals surface area contributed by atoms with E-state index in [9.17, 15) is 29.1 Å². The zero-order valence-electron chi connectivity index (χ0n) is 22.8. The Morgan fingerprint density at radius 3 is 1.98 bits per heavy atom. The third-order valence-electron chi connectivity index (χ3n) is 5.82. The first kappa shape index (κ1) is 33.8. The van der Waals surface area contributed by atoms with Gasteiger partial charge in [0.05, 0.1) is 6.04 Å². The van der Waals surface area contributed by atoms with Crippen LogP contribution in [-0.2, 0) is 30.4 Å². The molecule has 0 aromatic heterocycles. The largest absolute Gasteiger partial charge is 0.481 e. The lowest BCUT2D eigenvalue weighted by Gasteiger charge is -2.26. The molecule has 0 radical (unpaired) electrons. The van der Waals surface area contributed by atoms with E-state index in [0.29, 0.717) is 6.42 Å². The van der Waals surface area contributed by atoms with Gasteiger partial charge in [-0.3, -0.25) is 24.2 Å². The van der Waals surface area contributed by atoms with Crippen molar-refractivity contribution in [3.8, 4) is 0 Å². The predicted octanol–water partition coefficient (Wildman–Crippen LogP) is -0.940. The number of carboxylic acid groups (broad SMARTS) is 2. The quantitative estimate of drug-likeness (QED) is 0.0618. The average Bonchev–Trinajstić information content (AvgIpc) is 2.87. The van der Waals surface area contributed by atoms with E-state index in [1.54, 1.807) is 30.3 Å². The summed E-state index contributed by atoms with van der Waals surface area (Å²) >= 11 is 0. The molecule has 4 atom stereocenters. The molecule has 1 rings (SSSR count). The van der Waals surface area contributed by atoms with E-state index in [1.165, 1.54) is 0 Å². The standard InChI is InChI=1S/C26H41N7O7/c1-15(2)13-19(23(37)31-18(25(39)40)9-6-12-30-26(28)29)33-24(38)20(14-16-7-4-3-5-8-16)32-22(36)17(27)10-11-21(34)35/h3-5,7-8,15,17-20H,6,9-14,27H2,1-2H3,(H,31,37)(H,32,36)(H,33,38)(H,34,35)(H,39,40)(H4,28,29,30). The van der Waals surface area contributed by atoms with Crippen LogP contribution in [0.15, 0.2) is 35.3 Å². The highest BCUT2D eigenvalue weighted by Crippen LogP contribution is 2.10. The Morgan fingerprint density at radius 1 is 0.850 bits per heavy atom. The lowest BCUT2D eigenvalue weighted by molar-refractivity contribution is -0.142. The van der Waals surface area contributed by atoms with Crippen molar-refractivity contribution in [3.63, 3.8) is 0 Å². The maximum atomic E-state index is 13.4. The van der Waals surface area contributed by atoms with Crippen molar-refractivity contribution in [1.82, 2.24) is 16.0 Å². The van der Waals surface area contributed by atoms with E-state index in [1.807, 2.05) is 13.8 Å². The number of nitrogens with zero attached hydrogens (tertiary/aromatic N) is 1. The molecule has 0 bridgehead atoms. The first-order chi connectivity index (χ1) is 18.8. The fourth-order valence-electron chi connectivity index (χ4n) is 3.76. The summed E-state index contributed by atoms with van der Waals surface area (Å²) < 4.78 is 0. The fraction of sp³-hybridized carbons (Fsp3) is 0.538. The van der Waals surface area contributed by atoms with Gasteiger partial charge < -0.3 is 43.4 Å². The summed E-state index contributed by atoms with van der Waals surface area (Å²) in [5, 5.41) is 26.1. The molecule has 222 valence electrons. The van der Waals surface area contributed by atoms with Crippen LogP contribution in [0, 0.1) is 5.92 Å². The molecule has 11 N–H and O–H groups in total. The number of rotatable bonds is 18. The smallest absolute Gasteiger partial charge is 0.326 e. The molecule has 0 fully saturated rings. The van der Waals surface area contributed by atoms with Crippen molar-refractivity contribution >= 4 is 35.6 Å². The van der Waals surface area contributed by atoms with Gasteiger partial charge in [0.1, 0.15) is 18.1 Å². The Balaban J connectivity index is 3.05. The minimum Gasteiger partial charge on any atom is -0.481 e. The number of guanidine groups is 1. The number of nitrogens with one attached hydrogen (secondary N) is 3. The predicted molar refractivity (Wildman–Crippen MR) is 148 cm³/mol. The van der Waals surface area contributed by atoms with Gasteiger partial charge in [-0.25, -0.2) is 4.79 Å². The van der Waals surface area contributed by atoms with Gasteiger partial charge in [-0.15, -0.1) is 0 Å². The Labute approximate surface area is 233 Å². The number of benzene rings is 1. The molecule has 0 heterocycles. The normalized spacial score (nSPS) is 13.8. The van der Waals surface area contributed by atoms with Gasteiger partial charge in [-0.05, 0) is 37.2 Å². The van der Waals surface area contributed by atoms with Crippen molar-refractivity contribution < 1.29 is 34.2 Å². The first-order valence-corrected chi connectivity index (χ1v) is 13.0. The van der Waals surface area contributed by atoms with Gasteiger partial charge in [0, 0.05) is 19.4 Å². The topological polar surface area (TPSA) is 252 Å². The lowest BCUT2D eigenvalue weighted by atomic mass is 10.00. The third kappa shape index (κ3) is 13.6. The number of carboxylic acids is 2. The molecule has 0 aliphatic carbocycles. The average molecular weight is 564 g/mol. The summed E-state index contributed by atoms with van der Waals surface area (Å²) in [5.74, 6) is -4.63. The molecule has 14 heteroatoms. The Morgan fingerprint density at radius 2 is 1.43 bits per heavy atom. The van der Waals surface area contributed by atoms with Gasteiger partial charge in [0.25, 0.3) is 0 Å². The van der Waals surface area contributed by atoms with Crippen LogP contribution in [0.3, 0.4) is 0 Å². The van der Waals surface area contributed by atoms with Crippen LogP contribution in [0.2, 0.25) is 0 Å². The number of nitrogens with two attached hydrogens (primary N) is 3. The second kappa shape index (κ2) is 17.4. The van der Waals surface area contributed by atoms with Crippen LogP contribution in [0.1, 0.15) is 51.5 Å². The number of carbonyl (C=O) groups is 5. The van der Waals surface area contributed by atoms with E-state index in [4.69, 9.17) is 22.3 Å². The molecule has 14 nitrogen and oxygen atoms in total. The van der Waals surface area contributed by atoms with Crippen LogP contribution in [0.25, 0.3) is 0 Å². The van der Waals surface area contributed by atoms with Crippen LogP contribution in [0.4, 0.5) is 0 Å². The maximum absolute atomic E-state index is 13.4. The molecule has 0 spiro atoms. The molecule has 40 heavy (non-hydrogen) atoms. The fourth-order valence-corrected chi connectivity index (χ4v) is 3.76. The first-order valence-electron chi connectivity index (χ1n) is 13.0. The number of carbonyl (C=O) groups excluding carboxylic acids is 3. The van der Waals surface area contributed by atoms with Gasteiger partial charge in [0.2, 0.25) is 17.7 Å². The zero-order valence-corrected chi connectivity index (χ0v) is 22.8.